The van der Waals surface area contributed by atoms with Crippen LogP contribution in [0.1, 0.15) is 61.9 Å². The molecule has 0 bridgehead atoms. The fourth-order valence-electron chi connectivity index (χ4n) is 6.30. The molecule has 2 aromatic heterocycles. The second kappa shape index (κ2) is 15.0. The number of hydrogen-bond donors (Lipinski definition) is 3. The second-order valence-electron chi connectivity index (χ2n) is 13.5. The minimum Gasteiger partial charge on any atom is -0.459 e. The van der Waals surface area contributed by atoms with Crippen LogP contribution >= 0.6 is 20.5 Å². The topological polar surface area (TPSA) is 138 Å². The van der Waals surface area contributed by atoms with Crippen LogP contribution < -0.4 is 25.2 Å². The zero-order chi connectivity index (χ0) is 36.6. The lowest BCUT2D eigenvalue weighted by Crippen LogP contribution is -2.39. The number of nitrogens with two attached hydrogens (primary N) is 1. The Bertz CT molecular complexity index is 1890. The van der Waals surface area contributed by atoms with E-state index in [2.05, 4.69) is 31.8 Å². The van der Waals surface area contributed by atoms with Gasteiger partial charge in [0.05, 0.1) is 23.7 Å². The number of benzene rings is 2. The molecule has 4 N–H and O–H groups in total. The first kappa shape index (κ1) is 36.7. The summed E-state index contributed by atoms with van der Waals surface area (Å²) in [5.74, 6) is 0.865. The molecule has 3 fully saturated rings. The molecule has 4 atom stereocenters. The first-order valence-corrected chi connectivity index (χ1v) is 19.5. The van der Waals surface area contributed by atoms with E-state index in [-0.39, 0.29) is 36.4 Å². The molecule has 52 heavy (non-hydrogen) atoms. The minimum atomic E-state index is -4.57. The summed E-state index contributed by atoms with van der Waals surface area (Å²) < 4.78 is 67.2. The molecule has 7 rings (SSSR count). The van der Waals surface area contributed by atoms with Gasteiger partial charge in [0.25, 0.3) is 0 Å². The number of fused-ring (bicyclic) bond motifs is 1. The molecule has 2 aromatic carbocycles. The van der Waals surface area contributed by atoms with E-state index in [9.17, 15) is 18.0 Å². The minimum absolute atomic E-state index is 0.0919. The van der Waals surface area contributed by atoms with Crippen LogP contribution in [0.2, 0.25) is 0 Å². The van der Waals surface area contributed by atoms with Gasteiger partial charge in [0, 0.05) is 23.7 Å². The molecule has 17 heteroatoms. The number of aryl methyl sites for hydroxylation is 1. The number of hydrogen-bond acceptors (Lipinski definition) is 12. The number of nitrogen functional groups attached to an aromatic ring is 1. The van der Waals surface area contributed by atoms with Gasteiger partial charge < -0.3 is 28.8 Å². The highest BCUT2D eigenvalue weighted by atomic mass is 32.2. The van der Waals surface area contributed by atoms with Crippen molar-refractivity contribution >= 4 is 49.2 Å². The van der Waals surface area contributed by atoms with Gasteiger partial charge in [-0.3, -0.25) is 9.80 Å². The van der Waals surface area contributed by atoms with Crippen molar-refractivity contribution in [3.8, 4) is 5.75 Å². The van der Waals surface area contributed by atoms with Crippen LogP contribution in [0.4, 0.5) is 24.9 Å². The molecule has 1 saturated heterocycles. The quantitative estimate of drug-likeness (QED) is 0.0489. The number of halogens is 3. The van der Waals surface area contributed by atoms with E-state index in [1.165, 1.54) is 30.1 Å². The summed E-state index contributed by atoms with van der Waals surface area (Å²) in [6, 6.07) is 14.8. The smallest absolute Gasteiger partial charge is 0.416 e. The molecule has 0 radical (unpaired) electrons. The van der Waals surface area contributed by atoms with Gasteiger partial charge in [0.15, 0.2) is 5.82 Å². The average molecular weight is 760 g/mol. The van der Waals surface area contributed by atoms with Gasteiger partial charge in [-0.25, -0.2) is 5.09 Å². The lowest BCUT2D eigenvalue weighted by Gasteiger charge is -2.25. The van der Waals surface area contributed by atoms with Gasteiger partial charge in [-0.15, -0.1) is 0 Å². The molecule has 4 aromatic rings. The number of carbonyl (C=O) groups is 1. The summed E-state index contributed by atoms with van der Waals surface area (Å²) in [5, 5.41) is 6.13. The molecule has 2 aliphatic carbocycles. The van der Waals surface area contributed by atoms with Crippen molar-refractivity contribution in [2.24, 2.45) is 5.92 Å². The summed E-state index contributed by atoms with van der Waals surface area (Å²) in [6.45, 7) is 3.71. The van der Waals surface area contributed by atoms with E-state index in [4.69, 9.17) is 24.3 Å². The third-order valence-corrected chi connectivity index (χ3v) is 11.1. The highest BCUT2D eigenvalue weighted by Crippen LogP contribution is 2.48. The zero-order valence-electron chi connectivity index (χ0n) is 28.9. The Kier molecular flexibility index (Phi) is 10.6. The van der Waals surface area contributed by atoms with E-state index < -0.39 is 38.4 Å². The fraction of sp³-hybridized carbons (Fsp3) is 0.457. The van der Waals surface area contributed by atoms with E-state index in [0.29, 0.717) is 36.7 Å². The Morgan fingerprint density at radius 1 is 1.15 bits per heavy atom. The molecule has 2 saturated carbocycles. The average Bonchev–Trinajstić information content (AvgIpc) is 4.03. The van der Waals surface area contributed by atoms with E-state index in [0.717, 1.165) is 35.7 Å². The van der Waals surface area contributed by atoms with Crippen LogP contribution in [0.25, 0.3) is 11.0 Å². The largest absolute Gasteiger partial charge is 0.459 e. The van der Waals surface area contributed by atoms with Crippen molar-refractivity contribution < 1.29 is 36.5 Å². The number of esters is 1. The first-order chi connectivity index (χ1) is 24.9. The summed E-state index contributed by atoms with van der Waals surface area (Å²) in [7, 11) is -1.90. The number of rotatable bonds is 15. The predicted molar refractivity (Wildman–Crippen MR) is 193 cm³/mol. The molecule has 0 spiro atoms. The Morgan fingerprint density at radius 3 is 2.60 bits per heavy atom. The Hall–Kier alpha value is -3.66. The third-order valence-electron chi connectivity index (χ3n) is 9.34. The summed E-state index contributed by atoms with van der Waals surface area (Å²) in [6.07, 6.45) is 2.33. The first-order valence-electron chi connectivity index (χ1n) is 17.1. The molecule has 12 nitrogen and oxygen atoms in total. The summed E-state index contributed by atoms with van der Waals surface area (Å²) in [5.41, 5.74) is 5.84. The summed E-state index contributed by atoms with van der Waals surface area (Å²) >= 11 is 1.49. The zero-order valence-corrected chi connectivity index (χ0v) is 30.6. The van der Waals surface area contributed by atoms with Gasteiger partial charge in [0.1, 0.15) is 29.8 Å². The van der Waals surface area contributed by atoms with Crippen molar-refractivity contribution in [3.63, 3.8) is 0 Å². The highest BCUT2D eigenvalue weighted by Gasteiger charge is 2.54. The fourth-order valence-corrected chi connectivity index (χ4v) is 8.18. The number of carbonyl (C=O) groups excluding carboxylic acids is 1. The Labute approximate surface area is 305 Å². The number of anilines is 2. The van der Waals surface area contributed by atoms with Crippen LogP contribution in [0.3, 0.4) is 0 Å². The van der Waals surface area contributed by atoms with Gasteiger partial charge in [0.2, 0.25) is 5.95 Å². The number of ether oxygens (including phenoxy) is 2. The molecular formula is C35H41F3N7O5PS. The van der Waals surface area contributed by atoms with Crippen molar-refractivity contribution in [1.29, 1.82) is 0 Å². The molecule has 278 valence electrons. The van der Waals surface area contributed by atoms with Gasteiger partial charge >= 0.3 is 20.7 Å². The van der Waals surface area contributed by atoms with Crippen LogP contribution in [0.5, 0.6) is 5.75 Å². The number of alkyl halides is 3. The SMILES string of the molecule is CSNN(c1nc(N)nc2c1ccn2C1OC(COP(NC2(C(=O)OCc3ccccc3C(F)(F)F)CC2)Oc2ccc(C)cc2)CC1C)C1CC1. The number of nitrogens with zero attached hydrogens (tertiary/aromatic N) is 4. The number of aromatic nitrogens is 3. The predicted octanol–water partition coefficient (Wildman–Crippen LogP) is 7.20. The molecule has 3 heterocycles. The molecule has 0 amide bonds. The van der Waals surface area contributed by atoms with Crippen LogP contribution in [0.15, 0.2) is 60.8 Å². The van der Waals surface area contributed by atoms with Crippen molar-refractivity contribution in [3.05, 3.63) is 77.5 Å². The standard InChI is InChI=1S/C35H41F3N7O5PS/c1-21-8-12-25(13-9-21)50-51(42-34(15-16-34)32(46)47-19-23-6-4-5-7-28(23)35(36,37)38)48-20-26-18-22(2)31(49-26)44-17-14-27-29(44)40-33(39)41-30(27)45(43-52-3)24-10-11-24/h4-9,12-14,17,22,24,26,31,42-43H,10-11,15-16,18-20H2,1-3H3,(H2,39,40,41). The normalized spacial score (nSPS) is 21.6. The van der Waals surface area contributed by atoms with Crippen molar-refractivity contribution in [2.45, 2.75) is 82.6 Å². The monoisotopic (exact) mass is 759 g/mol. The Morgan fingerprint density at radius 2 is 1.90 bits per heavy atom. The molecule has 3 aliphatic rings. The van der Waals surface area contributed by atoms with Crippen LogP contribution in [-0.4, -0.2) is 51.1 Å². The maximum absolute atomic E-state index is 13.5. The lowest BCUT2D eigenvalue weighted by atomic mass is 10.1. The molecule has 1 aliphatic heterocycles. The van der Waals surface area contributed by atoms with Gasteiger partial charge in [-0.1, -0.05) is 54.8 Å². The summed E-state index contributed by atoms with van der Waals surface area (Å²) in [4.78, 5) is 25.8. The highest BCUT2D eigenvalue weighted by molar-refractivity contribution is 7.96. The van der Waals surface area contributed by atoms with E-state index in [1.807, 2.05) is 54.3 Å². The van der Waals surface area contributed by atoms with E-state index >= 15 is 0 Å². The maximum atomic E-state index is 13.5. The van der Waals surface area contributed by atoms with Crippen LogP contribution in [0, 0.1) is 12.8 Å². The van der Waals surface area contributed by atoms with Crippen LogP contribution in [-0.2, 0) is 31.6 Å². The number of hydrazine groups is 1. The van der Waals surface area contributed by atoms with Gasteiger partial charge in [-0.2, -0.15) is 28.0 Å². The van der Waals surface area contributed by atoms with Gasteiger partial charge in [-0.05, 0) is 69.5 Å². The Balaban J connectivity index is 1.04. The van der Waals surface area contributed by atoms with Crippen molar-refractivity contribution in [2.75, 3.05) is 23.6 Å². The lowest BCUT2D eigenvalue weighted by molar-refractivity contribution is -0.150. The second-order valence-corrected chi connectivity index (χ2v) is 15.3. The molecule has 4 unspecified atom stereocenters. The number of nitrogens with one attached hydrogen (secondary N) is 2. The maximum Gasteiger partial charge on any atom is 0.416 e. The third kappa shape index (κ3) is 8.12. The molecular weight excluding hydrogens is 718 g/mol. The van der Waals surface area contributed by atoms with Crippen molar-refractivity contribution in [1.82, 2.24) is 24.5 Å². The van der Waals surface area contributed by atoms with E-state index in [1.54, 1.807) is 0 Å².